The number of rotatable bonds is 5. The lowest BCUT2D eigenvalue weighted by atomic mass is 9.89. The Morgan fingerprint density at radius 2 is 1.86 bits per heavy atom. The molecule has 28 heavy (non-hydrogen) atoms. The number of benzene rings is 2. The summed E-state index contributed by atoms with van der Waals surface area (Å²) in [6.07, 6.45) is 4.88. The topological polar surface area (TPSA) is 19.0 Å². The molecule has 4 rings (SSSR count). The summed E-state index contributed by atoms with van der Waals surface area (Å²) >= 11 is 1.84. The second-order valence-electron chi connectivity index (χ2n) is 6.92. The molecule has 1 N–H and O–H groups in total. The van der Waals surface area contributed by atoms with Crippen molar-refractivity contribution in [3.05, 3.63) is 101 Å². The van der Waals surface area contributed by atoms with Gasteiger partial charge in [0.25, 0.3) is 0 Å². The molecule has 0 fully saturated rings. The van der Waals surface area contributed by atoms with Gasteiger partial charge in [0.2, 0.25) is 0 Å². The molecule has 2 nitrogen and oxygen atoms in total. The molecule has 0 aliphatic carbocycles. The molecule has 1 aliphatic heterocycles. The predicted octanol–water partition coefficient (Wildman–Crippen LogP) is 6.16. The lowest BCUT2D eigenvalue weighted by molar-refractivity contribution is 0.627. The third-order valence-corrected chi connectivity index (χ3v) is 5.94. The maximum atomic E-state index is 13.3. The Labute approximate surface area is 169 Å². The van der Waals surface area contributed by atoms with Crippen LogP contribution in [-0.4, -0.2) is 22.7 Å². The Hall–Kier alpha value is -2.72. The summed E-state index contributed by atoms with van der Waals surface area (Å²) in [6, 6.07) is 15.5. The molecule has 142 valence electrons. The van der Waals surface area contributed by atoms with E-state index in [0.29, 0.717) is 0 Å². The quantitative estimate of drug-likeness (QED) is 0.526. The number of hydrogen-bond acceptors (Lipinski definition) is 2. The lowest BCUT2D eigenvalue weighted by Gasteiger charge is -2.27. The second-order valence-corrected chi connectivity index (χ2v) is 8.26. The molecule has 2 aromatic carbocycles. The van der Waals surface area contributed by atoms with Gasteiger partial charge in [0.15, 0.2) is 0 Å². The van der Waals surface area contributed by atoms with Crippen molar-refractivity contribution in [3.63, 3.8) is 0 Å². The highest BCUT2D eigenvalue weighted by Gasteiger charge is 2.22. The summed E-state index contributed by atoms with van der Waals surface area (Å²) in [5.74, 6) is 0.827. The minimum Gasteiger partial charge on any atom is -0.359 e. The monoisotopic (exact) mass is 390 g/mol. The van der Waals surface area contributed by atoms with E-state index in [-0.39, 0.29) is 5.82 Å². The fourth-order valence-electron chi connectivity index (χ4n) is 3.60. The minimum absolute atomic E-state index is 0.203. The number of thioether (sulfide) groups is 1. The van der Waals surface area contributed by atoms with Crippen LogP contribution in [0.15, 0.2) is 72.4 Å². The first kappa shape index (κ1) is 18.6. The van der Waals surface area contributed by atoms with Crippen molar-refractivity contribution in [3.8, 4) is 0 Å². The first-order valence-corrected chi connectivity index (χ1v) is 10.4. The minimum atomic E-state index is -0.203. The van der Waals surface area contributed by atoms with E-state index in [9.17, 15) is 4.39 Å². The van der Waals surface area contributed by atoms with Crippen LogP contribution in [0.4, 0.5) is 4.39 Å². The molecule has 0 unspecified atom stereocenters. The van der Waals surface area contributed by atoms with Gasteiger partial charge < -0.3 is 9.88 Å². The number of aromatic nitrogens is 1. The summed E-state index contributed by atoms with van der Waals surface area (Å²) in [4.78, 5) is 6.64. The Morgan fingerprint density at radius 3 is 2.61 bits per heavy atom. The summed E-state index contributed by atoms with van der Waals surface area (Å²) in [7, 11) is 2.02. The molecule has 4 heteroatoms. The molecule has 1 aromatic heterocycles. The average Bonchev–Trinajstić information content (AvgIpc) is 3.18. The lowest BCUT2D eigenvalue weighted by Crippen LogP contribution is -2.16. The second kappa shape index (κ2) is 7.72. The molecule has 0 radical (unpaired) electrons. The molecule has 0 saturated carbocycles. The summed E-state index contributed by atoms with van der Waals surface area (Å²) in [5, 5.41) is 0. The highest BCUT2D eigenvalue weighted by Crippen LogP contribution is 2.38. The van der Waals surface area contributed by atoms with Crippen LogP contribution in [0.25, 0.3) is 11.3 Å². The van der Waals surface area contributed by atoms with E-state index < -0.39 is 0 Å². The van der Waals surface area contributed by atoms with E-state index in [2.05, 4.69) is 53.9 Å². The largest absolute Gasteiger partial charge is 0.359 e. The van der Waals surface area contributed by atoms with Crippen LogP contribution in [0.1, 0.15) is 34.9 Å². The summed E-state index contributed by atoms with van der Waals surface area (Å²) in [5.41, 5.74) is 7.91. The van der Waals surface area contributed by atoms with Crippen LogP contribution in [0.3, 0.4) is 0 Å². The van der Waals surface area contributed by atoms with E-state index in [0.717, 1.165) is 29.1 Å². The zero-order chi connectivity index (χ0) is 19.7. The van der Waals surface area contributed by atoms with Crippen molar-refractivity contribution < 1.29 is 4.39 Å². The molecule has 0 saturated heterocycles. The van der Waals surface area contributed by atoms with Gasteiger partial charge in [0, 0.05) is 35.5 Å². The fraction of sp³-hybridized carbons (Fsp3) is 0.167. The molecule has 0 spiro atoms. The third-order valence-electron chi connectivity index (χ3n) is 5.06. The average molecular weight is 391 g/mol. The van der Waals surface area contributed by atoms with Crippen LogP contribution >= 0.6 is 11.8 Å². The van der Waals surface area contributed by atoms with Crippen LogP contribution in [0.2, 0.25) is 0 Å². The Morgan fingerprint density at radius 1 is 1.07 bits per heavy atom. The van der Waals surface area contributed by atoms with E-state index >= 15 is 0 Å². The first-order chi connectivity index (χ1) is 13.6. The van der Waals surface area contributed by atoms with Gasteiger partial charge in [-0.25, -0.2) is 4.39 Å². The van der Waals surface area contributed by atoms with Crippen molar-refractivity contribution in [2.24, 2.45) is 0 Å². The van der Waals surface area contributed by atoms with Crippen LogP contribution in [-0.2, 0) is 6.42 Å². The van der Waals surface area contributed by atoms with Crippen molar-refractivity contribution in [2.45, 2.75) is 18.2 Å². The number of nitrogens with zero attached hydrogens (tertiary/aromatic N) is 1. The third kappa shape index (κ3) is 3.52. The number of aromatic amines is 1. The van der Waals surface area contributed by atoms with Crippen molar-refractivity contribution in [1.82, 2.24) is 9.88 Å². The van der Waals surface area contributed by atoms with Crippen molar-refractivity contribution in [1.29, 1.82) is 0 Å². The summed E-state index contributed by atoms with van der Waals surface area (Å²) < 4.78 is 13.3. The molecule has 3 aromatic rings. The number of hydrogen-bond donors (Lipinski definition) is 1. The SMILES string of the molecule is C=C1c2[nH]ccc2C(c2cc(SCC)ccc2Cc2ccc(F)cc2)=CN1C. The molecule has 1 aliphatic rings. The molecular formula is C24H23FN2S. The van der Waals surface area contributed by atoms with E-state index in [1.807, 2.05) is 37.1 Å². The van der Waals surface area contributed by atoms with E-state index in [1.54, 1.807) is 0 Å². The van der Waals surface area contributed by atoms with Gasteiger partial charge in [-0.1, -0.05) is 31.7 Å². The summed E-state index contributed by atoms with van der Waals surface area (Å²) in [6.45, 7) is 6.36. The highest BCUT2D eigenvalue weighted by molar-refractivity contribution is 7.99. The molecule has 0 bridgehead atoms. The molecule has 0 atom stereocenters. The van der Waals surface area contributed by atoms with Crippen LogP contribution in [0.5, 0.6) is 0 Å². The van der Waals surface area contributed by atoms with Crippen LogP contribution < -0.4 is 0 Å². The molecular weight excluding hydrogens is 367 g/mol. The number of nitrogens with one attached hydrogen (secondary N) is 1. The smallest absolute Gasteiger partial charge is 0.123 e. The molecule has 2 heterocycles. The van der Waals surface area contributed by atoms with Gasteiger partial charge in [0.1, 0.15) is 5.82 Å². The van der Waals surface area contributed by atoms with Gasteiger partial charge in [-0.2, -0.15) is 0 Å². The zero-order valence-electron chi connectivity index (χ0n) is 16.1. The maximum Gasteiger partial charge on any atom is 0.123 e. The van der Waals surface area contributed by atoms with Gasteiger partial charge in [-0.05, 0) is 59.2 Å². The zero-order valence-corrected chi connectivity index (χ0v) is 16.9. The highest BCUT2D eigenvalue weighted by atomic mass is 32.2. The standard InChI is InChI=1S/C24H23FN2S/c1-4-28-20-10-7-18(13-17-5-8-19(25)9-6-17)22(14-20)23-15-27(3)16(2)24-21(23)11-12-26-24/h5-12,14-15,26H,2,4,13H2,1,3H3. The van der Waals surface area contributed by atoms with Gasteiger partial charge in [-0.15, -0.1) is 11.8 Å². The van der Waals surface area contributed by atoms with Crippen molar-refractivity contribution in [2.75, 3.05) is 12.8 Å². The number of halogens is 1. The van der Waals surface area contributed by atoms with Gasteiger partial charge in [0.05, 0.1) is 11.4 Å². The Kier molecular flexibility index (Phi) is 5.14. The van der Waals surface area contributed by atoms with Gasteiger partial charge in [-0.3, -0.25) is 0 Å². The van der Waals surface area contributed by atoms with E-state index in [4.69, 9.17) is 0 Å². The number of fused-ring (bicyclic) bond motifs is 1. The normalized spacial score (nSPS) is 13.5. The predicted molar refractivity (Wildman–Crippen MR) is 117 cm³/mol. The first-order valence-electron chi connectivity index (χ1n) is 9.39. The van der Waals surface area contributed by atoms with Gasteiger partial charge >= 0.3 is 0 Å². The van der Waals surface area contributed by atoms with E-state index in [1.165, 1.54) is 39.3 Å². The van der Waals surface area contributed by atoms with Crippen LogP contribution in [0, 0.1) is 5.82 Å². The Bertz CT molecular complexity index is 1050. The van der Waals surface area contributed by atoms with Crippen molar-refractivity contribution >= 4 is 23.0 Å². The molecule has 0 amide bonds. The fourth-order valence-corrected chi connectivity index (χ4v) is 4.30. The number of H-pyrrole nitrogens is 1. The maximum absolute atomic E-state index is 13.3. The Balaban J connectivity index is 1.82.